The normalized spacial score (nSPS) is 29.1. The van der Waals surface area contributed by atoms with Gasteiger partial charge in [0.05, 0.1) is 29.0 Å². The summed E-state index contributed by atoms with van der Waals surface area (Å²) in [5.74, 6) is -1.72. The molecule has 7 rings (SSSR count). The first kappa shape index (κ1) is 23.3. The van der Waals surface area contributed by atoms with Crippen LogP contribution in [0.3, 0.4) is 0 Å². The lowest BCUT2D eigenvalue weighted by Crippen LogP contribution is -2.52. The van der Waals surface area contributed by atoms with Crippen LogP contribution in [0, 0.1) is 35.5 Å². The van der Waals surface area contributed by atoms with Crippen molar-refractivity contribution in [3.05, 3.63) is 75.8 Å². The van der Waals surface area contributed by atoms with Crippen molar-refractivity contribution in [1.82, 2.24) is 10.0 Å². The Kier molecular flexibility index (Phi) is 5.46. The van der Waals surface area contributed by atoms with Gasteiger partial charge in [-0.25, -0.2) is 5.01 Å². The molecule has 1 heterocycles. The predicted molar refractivity (Wildman–Crippen MR) is 131 cm³/mol. The van der Waals surface area contributed by atoms with Crippen LogP contribution in [0.1, 0.15) is 27.1 Å². The molecule has 0 aromatic heterocycles. The quantitative estimate of drug-likeness (QED) is 0.319. The summed E-state index contributed by atoms with van der Waals surface area (Å²) in [4.78, 5) is 54.5. The standard InChI is InChI=1S/C27H22Cl2N2O5/c1-36-15-4-2-3-13(9-15)22(32)12-30(25(33)14-5-8-20(28)21(29)10-14)31-26(34)23-16-6-7-17(19-11-18(16)19)24(23)27(31)35/h2-10,16-19,23-24H,11-12H2,1H3. The molecule has 2 aromatic rings. The molecule has 184 valence electrons. The topological polar surface area (TPSA) is 84.0 Å². The van der Waals surface area contributed by atoms with E-state index < -0.39 is 41.9 Å². The fourth-order valence-electron chi connectivity index (χ4n) is 6.21. The van der Waals surface area contributed by atoms with Gasteiger partial charge in [-0.3, -0.25) is 19.2 Å². The molecule has 7 nitrogen and oxygen atoms in total. The van der Waals surface area contributed by atoms with Crippen LogP contribution in [0.4, 0.5) is 0 Å². The molecule has 2 bridgehead atoms. The van der Waals surface area contributed by atoms with Crippen molar-refractivity contribution in [3.63, 3.8) is 0 Å². The van der Waals surface area contributed by atoms with Gasteiger partial charge in [0.15, 0.2) is 5.78 Å². The van der Waals surface area contributed by atoms with Crippen molar-refractivity contribution in [2.75, 3.05) is 13.7 Å². The van der Waals surface area contributed by atoms with E-state index in [-0.39, 0.29) is 27.4 Å². The van der Waals surface area contributed by atoms with E-state index in [4.69, 9.17) is 27.9 Å². The molecule has 6 atom stereocenters. The largest absolute Gasteiger partial charge is 0.497 e. The third-order valence-electron chi connectivity index (χ3n) is 7.97. The average molecular weight is 525 g/mol. The van der Waals surface area contributed by atoms with Gasteiger partial charge in [0.25, 0.3) is 17.7 Å². The highest BCUT2D eigenvalue weighted by Gasteiger charge is 2.68. The lowest BCUT2D eigenvalue weighted by atomic mass is 9.63. The predicted octanol–water partition coefficient (Wildman–Crippen LogP) is 4.30. The number of halogens is 2. The number of hydrazine groups is 1. The molecule has 6 unspecified atom stereocenters. The first-order chi connectivity index (χ1) is 17.3. The van der Waals surface area contributed by atoms with Crippen molar-refractivity contribution in [2.45, 2.75) is 6.42 Å². The Labute approximate surface area is 217 Å². The van der Waals surface area contributed by atoms with Crippen molar-refractivity contribution in [1.29, 1.82) is 0 Å². The summed E-state index contributed by atoms with van der Waals surface area (Å²) in [6.45, 7) is -0.501. The number of hydrogen-bond acceptors (Lipinski definition) is 5. The zero-order valence-corrected chi connectivity index (χ0v) is 20.8. The summed E-state index contributed by atoms with van der Waals surface area (Å²) >= 11 is 12.2. The lowest BCUT2D eigenvalue weighted by molar-refractivity contribution is -0.154. The van der Waals surface area contributed by atoms with Gasteiger partial charge in [0.1, 0.15) is 12.3 Å². The van der Waals surface area contributed by atoms with E-state index in [0.717, 1.165) is 16.4 Å². The zero-order valence-electron chi connectivity index (χ0n) is 19.3. The molecule has 1 aliphatic heterocycles. The number of imide groups is 1. The third-order valence-corrected chi connectivity index (χ3v) is 8.71. The first-order valence-electron chi connectivity index (χ1n) is 11.8. The van der Waals surface area contributed by atoms with Crippen LogP contribution >= 0.6 is 23.2 Å². The molecule has 5 aliphatic rings. The molecule has 0 radical (unpaired) electrons. The van der Waals surface area contributed by atoms with Crippen molar-refractivity contribution >= 4 is 46.7 Å². The second-order valence-electron chi connectivity index (χ2n) is 9.79. The maximum Gasteiger partial charge on any atom is 0.273 e. The summed E-state index contributed by atoms with van der Waals surface area (Å²) in [7, 11) is 1.49. The number of Topliss-reactive ketones (excluding diaryl/α,β-unsaturated/α-hetero) is 1. The number of ether oxygens (including phenoxy) is 1. The first-order valence-corrected chi connectivity index (χ1v) is 12.6. The highest BCUT2D eigenvalue weighted by Crippen LogP contribution is 2.65. The monoisotopic (exact) mass is 524 g/mol. The average Bonchev–Trinajstić information content (AvgIpc) is 3.67. The SMILES string of the molecule is COc1cccc(C(=O)CN(C(=O)c2ccc(Cl)c(Cl)c2)N2C(=O)C3C4C=CC(C5CC45)C3C2=O)c1. The minimum absolute atomic E-state index is 0.0116. The number of hydrogen-bond donors (Lipinski definition) is 0. The van der Waals surface area contributed by atoms with E-state index >= 15 is 0 Å². The summed E-state index contributed by atoms with van der Waals surface area (Å²) in [6.07, 6.45) is 5.14. The zero-order chi connectivity index (χ0) is 25.3. The summed E-state index contributed by atoms with van der Waals surface area (Å²) in [5, 5.41) is 2.29. The fourth-order valence-corrected chi connectivity index (χ4v) is 6.51. The molecule has 2 saturated carbocycles. The maximum atomic E-state index is 13.7. The molecule has 2 aromatic carbocycles. The fraction of sp³-hybridized carbons (Fsp3) is 0.333. The Bertz CT molecular complexity index is 1320. The van der Waals surface area contributed by atoms with Gasteiger partial charge >= 0.3 is 0 Å². The van der Waals surface area contributed by atoms with E-state index in [1.54, 1.807) is 24.3 Å². The second-order valence-corrected chi connectivity index (χ2v) is 10.6. The molecule has 36 heavy (non-hydrogen) atoms. The lowest BCUT2D eigenvalue weighted by Gasteiger charge is -2.37. The van der Waals surface area contributed by atoms with E-state index in [1.165, 1.54) is 25.3 Å². The Hall–Kier alpha value is -3.16. The second kappa shape index (κ2) is 8.46. The molecule has 4 aliphatic carbocycles. The van der Waals surface area contributed by atoms with Crippen LogP contribution in [0.25, 0.3) is 0 Å². The number of amides is 3. The Morgan fingerprint density at radius 3 is 2.22 bits per heavy atom. The molecule has 0 N–H and O–H groups in total. The highest BCUT2D eigenvalue weighted by molar-refractivity contribution is 6.42. The Morgan fingerprint density at radius 1 is 0.944 bits per heavy atom. The van der Waals surface area contributed by atoms with Gasteiger partial charge in [-0.2, -0.15) is 5.01 Å². The molecule has 9 heteroatoms. The number of carbonyl (C=O) groups excluding carboxylic acids is 4. The van der Waals surface area contributed by atoms with E-state index in [2.05, 4.69) is 12.2 Å². The van der Waals surface area contributed by atoms with Crippen molar-refractivity contribution in [3.8, 4) is 5.75 Å². The van der Waals surface area contributed by atoms with Crippen LogP contribution in [0.2, 0.25) is 10.0 Å². The molecule has 1 saturated heterocycles. The number of allylic oxidation sites excluding steroid dienone is 2. The Morgan fingerprint density at radius 2 is 1.61 bits per heavy atom. The van der Waals surface area contributed by atoms with Gasteiger partial charge in [-0.15, -0.1) is 0 Å². The third kappa shape index (κ3) is 3.48. The van der Waals surface area contributed by atoms with Gasteiger partial charge in [-0.1, -0.05) is 47.5 Å². The minimum Gasteiger partial charge on any atom is -0.497 e. The summed E-state index contributed by atoms with van der Waals surface area (Å²) in [6, 6.07) is 10.8. The van der Waals surface area contributed by atoms with Crippen LogP contribution in [-0.4, -0.2) is 47.2 Å². The van der Waals surface area contributed by atoms with Crippen LogP contribution < -0.4 is 4.74 Å². The molecule has 3 amide bonds. The highest BCUT2D eigenvalue weighted by atomic mass is 35.5. The van der Waals surface area contributed by atoms with E-state index in [1.807, 2.05) is 0 Å². The smallest absolute Gasteiger partial charge is 0.273 e. The maximum absolute atomic E-state index is 13.7. The summed E-state index contributed by atoms with van der Waals surface area (Å²) < 4.78 is 5.21. The van der Waals surface area contributed by atoms with Gasteiger partial charge in [0, 0.05) is 11.1 Å². The number of ketones is 1. The number of methoxy groups -OCH3 is 1. The minimum atomic E-state index is -0.685. The van der Waals surface area contributed by atoms with Crippen molar-refractivity contribution in [2.24, 2.45) is 35.5 Å². The van der Waals surface area contributed by atoms with E-state index in [9.17, 15) is 19.2 Å². The number of rotatable bonds is 6. The number of nitrogens with zero attached hydrogens (tertiary/aromatic N) is 2. The van der Waals surface area contributed by atoms with Crippen LogP contribution in [-0.2, 0) is 9.59 Å². The van der Waals surface area contributed by atoms with E-state index in [0.29, 0.717) is 23.1 Å². The van der Waals surface area contributed by atoms with Crippen molar-refractivity contribution < 1.29 is 23.9 Å². The number of benzene rings is 2. The van der Waals surface area contributed by atoms with Gasteiger partial charge in [0.2, 0.25) is 0 Å². The molecular formula is C27H22Cl2N2O5. The van der Waals surface area contributed by atoms with Crippen LogP contribution in [0.15, 0.2) is 54.6 Å². The van der Waals surface area contributed by atoms with Gasteiger partial charge in [-0.05, 0) is 60.4 Å². The number of carbonyl (C=O) groups is 4. The van der Waals surface area contributed by atoms with Crippen LogP contribution in [0.5, 0.6) is 5.75 Å². The molecule has 3 fully saturated rings. The summed E-state index contributed by atoms with van der Waals surface area (Å²) in [5.41, 5.74) is 0.406. The van der Waals surface area contributed by atoms with Gasteiger partial charge < -0.3 is 4.74 Å². The molecular weight excluding hydrogens is 503 g/mol. The Balaban J connectivity index is 1.37. The molecule has 0 spiro atoms.